The summed E-state index contributed by atoms with van der Waals surface area (Å²) in [5.74, 6) is -1.66. The smallest absolute Gasteiger partial charge is 0.394 e. The molecule has 28 heteroatoms. The summed E-state index contributed by atoms with van der Waals surface area (Å²) >= 11 is 9.50. The van der Waals surface area contributed by atoms with Gasteiger partial charge in [0.1, 0.15) is 36.9 Å². The third kappa shape index (κ3) is 9.58. The Labute approximate surface area is 359 Å². The molecule has 2 saturated heterocycles. The van der Waals surface area contributed by atoms with Crippen LogP contribution in [0.1, 0.15) is 43.1 Å². The minimum absolute atomic E-state index is 0.0166. The van der Waals surface area contributed by atoms with Crippen LogP contribution in [0.15, 0.2) is 54.1 Å². The summed E-state index contributed by atoms with van der Waals surface area (Å²) in [6.45, 7) is -2.90. The number of ether oxygens (including phenoxy) is 2. The van der Waals surface area contributed by atoms with Crippen LogP contribution in [0.3, 0.4) is 0 Å². The number of anilines is 2. The Hall–Kier alpha value is -4.77. The number of hydrogen-bond donors (Lipinski definition) is 5. The van der Waals surface area contributed by atoms with Crippen LogP contribution in [-0.4, -0.2) is 113 Å². The number of aliphatic hydroxyl groups excluding tert-OH is 1. The van der Waals surface area contributed by atoms with E-state index < -0.39 is 99.7 Å². The Morgan fingerprint density at radius 2 is 1.74 bits per heavy atom. The van der Waals surface area contributed by atoms with Gasteiger partial charge in [0.25, 0.3) is 11.5 Å². The lowest BCUT2D eigenvalue weighted by Crippen LogP contribution is -2.34. The number of carbonyl (C=O) groups excluding carboxylic acids is 2. The predicted molar refractivity (Wildman–Crippen MR) is 219 cm³/mol. The number of aromatic amines is 1. The maximum atomic E-state index is 16.4. The number of amides is 2. The minimum atomic E-state index is -4.25. The molecule has 1 aromatic carbocycles. The number of H-pyrrole nitrogens is 1. The van der Waals surface area contributed by atoms with Crippen molar-refractivity contribution in [3.63, 3.8) is 0 Å². The van der Waals surface area contributed by atoms with Gasteiger partial charge in [-0.1, -0.05) is 32.0 Å². The highest BCUT2D eigenvalue weighted by molar-refractivity contribution is 8.39. The molecule has 328 valence electrons. The average molecular weight is 939 g/mol. The molecule has 2 fully saturated rings. The van der Waals surface area contributed by atoms with Crippen molar-refractivity contribution < 1.29 is 55.6 Å². The van der Waals surface area contributed by atoms with Gasteiger partial charge in [0.05, 0.1) is 45.0 Å². The molecule has 0 saturated carbocycles. The Morgan fingerprint density at radius 1 is 1.03 bits per heavy atom. The van der Waals surface area contributed by atoms with Gasteiger partial charge in [0.2, 0.25) is 11.9 Å². The first-order valence-corrected chi connectivity index (χ1v) is 23.4. The number of hydrogen-bond acceptors (Lipinski definition) is 18. The second kappa shape index (κ2) is 19.3. The zero-order valence-corrected chi connectivity index (χ0v) is 35.8. The number of benzene rings is 1. The van der Waals surface area contributed by atoms with Crippen LogP contribution in [-0.2, 0) is 48.7 Å². The van der Waals surface area contributed by atoms with E-state index in [0.29, 0.717) is 5.56 Å². The number of alkyl halides is 2. The highest BCUT2D eigenvalue weighted by Gasteiger charge is 2.53. The van der Waals surface area contributed by atoms with Gasteiger partial charge >= 0.3 is 13.9 Å². The van der Waals surface area contributed by atoms with Crippen LogP contribution >= 0.6 is 26.2 Å². The number of carbonyl (C=O) groups is 2. The summed E-state index contributed by atoms with van der Waals surface area (Å²) in [7, 11) is -2.74. The summed E-state index contributed by atoms with van der Waals surface area (Å²) in [5, 5.41) is 24.4. The largest absolute Gasteiger partial charge is 0.582 e. The highest BCUT2D eigenvalue weighted by atomic mass is 32.7. The van der Waals surface area contributed by atoms with Crippen molar-refractivity contribution in [2.24, 2.45) is 5.92 Å². The number of rotatable bonds is 17. The molecule has 0 aliphatic carbocycles. The molecule has 2 aliphatic heterocycles. The van der Waals surface area contributed by atoms with Gasteiger partial charge in [-0.3, -0.25) is 38.3 Å². The van der Waals surface area contributed by atoms with Crippen LogP contribution in [0.2, 0.25) is 0 Å². The van der Waals surface area contributed by atoms with E-state index in [-0.39, 0.29) is 47.1 Å². The average Bonchev–Trinajstić information content (AvgIpc) is 4.02. The Kier molecular flexibility index (Phi) is 14.1. The number of aliphatic hydroxyl groups is 1. The molecule has 5 aromatic rings. The van der Waals surface area contributed by atoms with E-state index in [1.807, 2.05) is 6.07 Å². The molecule has 0 radical (unpaired) electrons. The summed E-state index contributed by atoms with van der Waals surface area (Å²) in [6, 6.07) is 10.2. The zero-order valence-electron chi connectivity index (χ0n) is 32.3. The summed E-state index contributed by atoms with van der Waals surface area (Å²) in [4.78, 5) is 61.6. The fourth-order valence-corrected chi connectivity index (χ4v) is 9.26. The molecule has 7 rings (SSSR count). The number of aromatic nitrogens is 8. The molecular formula is C34H36F2N11O11P2S2+. The van der Waals surface area contributed by atoms with Crippen LogP contribution in [0.25, 0.3) is 22.3 Å². The minimum Gasteiger partial charge on any atom is -0.394 e. The summed E-state index contributed by atoms with van der Waals surface area (Å²) < 4.78 is 82.2. The van der Waals surface area contributed by atoms with E-state index in [4.69, 9.17) is 39.4 Å². The molecule has 6 heterocycles. The van der Waals surface area contributed by atoms with E-state index in [0.717, 1.165) is 17.2 Å². The predicted octanol–water partition coefficient (Wildman–Crippen LogP) is 3.80. The summed E-state index contributed by atoms with van der Waals surface area (Å²) in [6.07, 6.45) is -10.4. The third-order valence-electron chi connectivity index (χ3n) is 9.41. The van der Waals surface area contributed by atoms with Gasteiger partial charge in [0, 0.05) is 11.5 Å². The Balaban J connectivity index is 1.15. The van der Waals surface area contributed by atoms with Crippen molar-refractivity contribution in [1.82, 2.24) is 39.0 Å². The monoisotopic (exact) mass is 938 g/mol. The first-order valence-electron chi connectivity index (χ1n) is 18.5. The number of nitrogens with one attached hydrogen (secondary N) is 3. The molecule has 22 nitrogen and oxygen atoms in total. The van der Waals surface area contributed by atoms with Crippen molar-refractivity contribution in [3.05, 3.63) is 65.2 Å². The standard InChI is InChI=1S/C34H35F2N11O11P2S2/c1-16(2)29(49)44-34-43-28-23(31(51)45-34)41-15-47(28)33-25(20(35)18(11-48)55-33)58-60(62,53-10-6-9-37)54-12-19-24(57-59(52)61)21(36)32(56-19)46-14-40-22-26(38-13-39-27(22)46)42-30(50)17-7-4-3-5-8-17/h3-5,7-8,13-16,18-21,24-25,32-33,48H,6,10-12H2,1-2H3,(H3-,38,39,42,43,44,45,49,50,51,52,61)/p+1/t18-,19-,20-,21+,24-,25-,32-,33-,60?/m1/s1. The van der Waals surface area contributed by atoms with Crippen molar-refractivity contribution in [1.29, 1.82) is 5.26 Å². The van der Waals surface area contributed by atoms with E-state index in [9.17, 15) is 29.3 Å². The topological polar surface area (TPSA) is 282 Å². The van der Waals surface area contributed by atoms with Gasteiger partial charge in [0.15, 0.2) is 59.0 Å². The molecular weight excluding hydrogens is 903 g/mol. The number of fused-ring (bicyclic) bond motifs is 2. The van der Waals surface area contributed by atoms with Gasteiger partial charge in [-0.15, -0.1) is 4.52 Å². The number of thiol groups is 1. The fourth-order valence-electron chi connectivity index (χ4n) is 6.41. The summed E-state index contributed by atoms with van der Waals surface area (Å²) in [5.41, 5.74) is -0.677. The number of nitrogens with zero attached hydrogens (tertiary/aromatic N) is 8. The SMILES string of the molecule is CC(C)C(=O)Nc1nc2c(ncn2[C@@H]2O[C@H](CO)[C@@H](F)[C@H]2OP(=S)(OCCC#N)OC[C@H]2O[C@@H](n3cnc4c(NC(=O)c5ccccc5)ncnc43)[C@@H](F)[C@@H]2O[P+](=O)S)c(=O)[nH]1. The lowest BCUT2D eigenvalue weighted by molar-refractivity contribution is -0.118. The lowest BCUT2D eigenvalue weighted by Gasteiger charge is -2.29. The molecule has 0 spiro atoms. The van der Waals surface area contributed by atoms with Crippen LogP contribution in [0.5, 0.6) is 0 Å². The first-order chi connectivity index (χ1) is 29.7. The second-order valence-corrected chi connectivity index (χ2v) is 18.4. The van der Waals surface area contributed by atoms with Crippen molar-refractivity contribution in [2.45, 2.75) is 69.5 Å². The third-order valence-corrected chi connectivity index (χ3v) is 12.5. The van der Waals surface area contributed by atoms with Gasteiger partial charge < -0.3 is 28.9 Å². The second-order valence-electron chi connectivity index (χ2n) is 13.8. The normalized spacial score (nSPS) is 24.9. The van der Waals surface area contributed by atoms with E-state index in [2.05, 4.69) is 52.8 Å². The maximum absolute atomic E-state index is 16.4. The molecule has 2 unspecified atom stereocenters. The van der Waals surface area contributed by atoms with Gasteiger partial charge in [-0.25, -0.2) is 28.7 Å². The first kappa shape index (κ1) is 45.3. The number of halogens is 2. The molecule has 2 amide bonds. The van der Waals surface area contributed by atoms with Gasteiger partial charge in [-0.2, -0.15) is 10.2 Å². The van der Waals surface area contributed by atoms with Crippen LogP contribution in [0.4, 0.5) is 20.5 Å². The number of imidazole rings is 2. The van der Waals surface area contributed by atoms with Crippen molar-refractivity contribution in [2.75, 3.05) is 30.5 Å². The fraction of sp³-hybridized carbons (Fsp3) is 0.441. The van der Waals surface area contributed by atoms with Crippen LogP contribution in [0, 0.1) is 17.2 Å². The Morgan fingerprint density at radius 3 is 2.44 bits per heavy atom. The van der Waals surface area contributed by atoms with E-state index in [1.165, 1.54) is 10.9 Å². The molecule has 4 N–H and O–H groups in total. The van der Waals surface area contributed by atoms with Gasteiger partial charge in [-0.05, 0) is 28.5 Å². The van der Waals surface area contributed by atoms with Crippen LogP contribution < -0.4 is 16.2 Å². The highest BCUT2D eigenvalue weighted by Crippen LogP contribution is 2.55. The number of nitriles is 1. The lowest BCUT2D eigenvalue weighted by atomic mass is 10.1. The molecule has 4 aromatic heterocycles. The molecule has 10 atom stereocenters. The van der Waals surface area contributed by atoms with E-state index >= 15 is 8.78 Å². The molecule has 0 bridgehead atoms. The Bertz CT molecular complexity index is 2620. The van der Waals surface area contributed by atoms with Crippen molar-refractivity contribution in [3.8, 4) is 6.07 Å². The molecule has 62 heavy (non-hydrogen) atoms. The quantitative estimate of drug-likeness (QED) is 0.0504. The zero-order chi connectivity index (χ0) is 44.3. The molecule has 2 aliphatic rings. The van der Waals surface area contributed by atoms with E-state index in [1.54, 1.807) is 44.2 Å². The maximum Gasteiger partial charge on any atom is 0.582 e. The van der Waals surface area contributed by atoms with Crippen molar-refractivity contribution >= 4 is 83.9 Å².